The van der Waals surface area contributed by atoms with Gasteiger partial charge in [-0.3, -0.25) is 4.98 Å². The molecule has 3 aromatic rings. The van der Waals surface area contributed by atoms with Crippen molar-refractivity contribution in [3.63, 3.8) is 0 Å². The molecule has 156 valence electrons. The van der Waals surface area contributed by atoms with Gasteiger partial charge in [-0.15, -0.1) is 0 Å². The van der Waals surface area contributed by atoms with Gasteiger partial charge in [-0.25, -0.2) is 4.79 Å². The van der Waals surface area contributed by atoms with Gasteiger partial charge in [0.1, 0.15) is 0 Å². The fraction of sp³-hybridized carbons (Fsp3) is 0.143. The summed E-state index contributed by atoms with van der Waals surface area (Å²) in [4.78, 5) is 16.3. The number of pyridine rings is 1. The average Bonchev–Trinajstić information content (AvgIpc) is 2.71. The molecule has 9 heteroatoms. The first-order valence-corrected chi connectivity index (χ1v) is 8.44. The molecule has 0 N–H and O–H groups in total. The minimum Gasteiger partial charge on any atom is -0.465 e. The number of carbonyl (C=O) groups is 1. The highest BCUT2D eigenvalue weighted by molar-refractivity contribution is 5.98. The first kappa shape index (κ1) is 21.4. The molecule has 0 atom stereocenters. The summed E-state index contributed by atoms with van der Waals surface area (Å²) in [5.41, 5.74) is -1.69. The molecule has 3 nitrogen and oxygen atoms in total. The van der Waals surface area contributed by atoms with Crippen LogP contribution in [-0.4, -0.2) is 18.1 Å². The van der Waals surface area contributed by atoms with Gasteiger partial charge in [0.05, 0.1) is 29.5 Å². The van der Waals surface area contributed by atoms with Crippen molar-refractivity contribution < 1.29 is 35.9 Å². The second kappa shape index (κ2) is 7.81. The third-order valence-corrected chi connectivity index (χ3v) is 4.30. The van der Waals surface area contributed by atoms with Gasteiger partial charge < -0.3 is 4.74 Å². The number of carbonyl (C=O) groups excluding carboxylic acids is 1. The second-order valence-corrected chi connectivity index (χ2v) is 6.26. The number of hydrogen-bond donors (Lipinski definition) is 0. The van der Waals surface area contributed by atoms with E-state index in [1.54, 1.807) is 0 Å². The van der Waals surface area contributed by atoms with Crippen LogP contribution in [0.3, 0.4) is 0 Å². The van der Waals surface area contributed by atoms with Crippen LogP contribution in [0, 0.1) is 0 Å². The van der Waals surface area contributed by atoms with Crippen molar-refractivity contribution in [3.8, 4) is 22.4 Å². The number of ether oxygens (including phenoxy) is 1. The van der Waals surface area contributed by atoms with Crippen LogP contribution in [0.2, 0.25) is 0 Å². The molecule has 0 bridgehead atoms. The summed E-state index contributed by atoms with van der Waals surface area (Å²) in [5, 5.41) is 0. The highest BCUT2D eigenvalue weighted by atomic mass is 19.4. The third-order valence-electron chi connectivity index (χ3n) is 4.30. The van der Waals surface area contributed by atoms with Gasteiger partial charge in [0, 0.05) is 17.3 Å². The van der Waals surface area contributed by atoms with E-state index in [1.807, 2.05) is 0 Å². The molecule has 1 aromatic heterocycles. The number of hydrogen-bond acceptors (Lipinski definition) is 3. The quantitative estimate of drug-likeness (QED) is 0.368. The minimum atomic E-state index is -4.59. The normalized spacial score (nSPS) is 12.0. The number of rotatable bonds is 3. The summed E-state index contributed by atoms with van der Waals surface area (Å²) in [6.45, 7) is 0. The first-order chi connectivity index (χ1) is 14.0. The largest absolute Gasteiger partial charge is 0.465 e. The molecule has 2 aromatic carbocycles. The van der Waals surface area contributed by atoms with E-state index < -0.39 is 29.4 Å². The van der Waals surface area contributed by atoms with Crippen molar-refractivity contribution in [3.05, 3.63) is 77.5 Å². The van der Waals surface area contributed by atoms with E-state index in [2.05, 4.69) is 4.98 Å². The zero-order chi connectivity index (χ0) is 22.1. The van der Waals surface area contributed by atoms with E-state index in [4.69, 9.17) is 4.74 Å². The SMILES string of the molecule is COC(=O)c1cc(-c2cccc(C(F)(F)F)c2)ncc1-c1cccc(C(F)(F)F)c1. The van der Waals surface area contributed by atoms with Crippen molar-refractivity contribution in [1.82, 2.24) is 4.98 Å². The van der Waals surface area contributed by atoms with E-state index >= 15 is 0 Å². The number of nitrogens with zero attached hydrogens (tertiary/aromatic N) is 1. The van der Waals surface area contributed by atoms with Crippen molar-refractivity contribution in [2.75, 3.05) is 7.11 Å². The van der Waals surface area contributed by atoms with Crippen LogP contribution < -0.4 is 0 Å². The highest BCUT2D eigenvalue weighted by Gasteiger charge is 2.32. The Bertz CT molecular complexity index is 1090. The van der Waals surface area contributed by atoms with Crippen molar-refractivity contribution in [1.29, 1.82) is 0 Å². The number of alkyl halides is 6. The Hall–Kier alpha value is -3.36. The number of halogens is 6. The number of methoxy groups -OCH3 is 1. The second-order valence-electron chi connectivity index (χ2n) is 6.26. The summed E-state index contributed by atoms with van der Waals surface area (Å²) in [5.74, 6) is -0.863. The zero-order valence-corrected chi connectivity index (χ0v) is 15.3. The van der Waals surface area contributed by atoms with Crippen molar-refractivity contribution in [2.45, 2.75) is 12.4 Å². The minimum absolute atomic E-state index is 0.0391. The number of esters is 1. The maximum absolute atomic E-state index is 13.0. The molecular weight excluding hydrogens is 412 g/mol. The average molecular weight is 425 g/mol. The Kier molecular flexibility index (Phi) is 5.56. The molecule has 0 unspecified atom stereocenters. The van der Waals surface area contributed by atoms with Gasteiger partial charge in [0.15, 0.2) is 0 Å². The van der Waals surface area contributed by atoms with Gasteiger partial charge in [0.25, 0.3) is 0 Å². The van der Waals surface area contributed by atoms with Crippen molar-refractivity contribution in [2.24, 2.45) is 0 Å². The predicted octanol–water partition coefficient (Wildman–Crippen LogP) is 6.24. The molecule has 0 fully saturated rings. The smallest absolute Gasteiger partial charge is 0.416 e. The molecule has 0 saturated carbocycles. The van der Waals surface area contributed by atoms with E-state index in [-0.39, 0.29) is 27.9 Å². The Balaban J connectivity index is 2.14. The standard InChI is InChI=1S/C21H13F6NO2/c1-30-19(29)16-10-18(13-5-3-7-15(9-13)21(25,26)27)28-11-17(16)12-4-2-6-14(8-12)20(22,23)24/h2-11H,1H3. The molecule has 30 heavy (non-hydrogen) atoms. The molecule has 3 rings (SSSR count). The van der Waals surface area contributed by atoms with Gasteiger partial charge in [-0.1, -0.05) is 24.3 Å². The van der Waals surface area contributed by atoms with Gasteiger partial charge in [-0.2, -0.15) is 26.3 Å². The van der Waals surface area contributed by atoms with Crippen LogP contribution in [-0.2, 0) is 17.1 Å². The summed E-state index contributed by atoms with van der Waals surface area (Å²) in [6.07, 6.45) is -8.02. The van der Waals surface area contributed by atoms with E-state index in [9.17, 15) is 31.1 Å². The van der Waals surface area contributed by atoms with E-state index in [0.717, 1.165) is 37.6 Å². The van der Waals surface area contributed by atoms with Crippen LogP contribution in [0.4, 0.5) is 26.3 Å². The van der Waals surface area contributed by atoms with Gasteiger partial charge in [-0.05, 0) is 35.9 Å². The predicted molar refractivity (Wildman–Crippen MR) is 96.5 cm³/mol. The first-order valence-electron chi connectivity index (χ1n) is 8.44. The Morgan fingerprint density at radius 3 is 1.90 bits per heavy atom. The Labute approximate surface area is 166 Å². The number of benzene rings is 2. The molecule has 0 aliphatic rings. The topological polar surface area (TPSA) is 39.2 Å². The summed E-state index contributed by atoms with van der Waals surface area (Å²) < 4.78 is 82.7. The maximum atomic E-state index is 13.0. The maximum Gasteiger partial charge on any atom is 0.416 e. The summed E-state index contributed by atoms with van der Waals surface area (Å²) >= 11 is 0. The molecule has 1 heterocycles. The molecule has 0 saturated heterocycles. The number of aromatic nitrogens is 1. The summed E-state index contributed by atoms with van der Waals surface area (Å²) in [7, 11) is 1.09. The lowest BCUT2D eigenvalue weighted by atomic mass is 9.97. The Morgan fingerprint density at radius 1 is 0.833 bits per heavy atom. The Morgan fingerprint density at radius 2 is 1.37 bits per heavy atom. The van der Waals surface area contributed by atoms with E-state index in [0.29, 0.717) is 0 Å². The van der Waals surface area contributed by atoms with Crippen molar-refractivity contribution >= 4 is 5.97 Å². The lowest BCUT2D eigenvalue weighted by Gasteiger charge is -2.13. The third kappa shape index (κ3) is 4.45. The lowest BCUT2D eigenvalue weighted by Crippen LogP contribution is -2.07. The van der Waals surface area contributed by atoms with Gasteiger partial charge >= 0.3 is 18.3 Å². The molecule has 0 spiro atoms. The van der Waals surface area contributed by atoms with Crippen LogP contribution in [0.1, 0.15) is 21.5 Å². The molecule has 0 aliphatic carbocycles. The molecule has 0 amide bonds. The molecule has 0 radical (unpaired) electrons. The van der Waals surface area contributed by atoms with Gasteiger partial charge in [0.2, 0.25) is 0 Å². The van der Waals surface area contributed by atoms with E-state index in [1.165, 1.54) is 30.3 Å². The van der Waals surface area contributed by atoms with Crippen LogP contribution in [0.25, 0.3) is 22.4 Å². The fourth-order valence-corrected chi connectivity index (χ4v) is 2.84. The fourth-order valence-electron chi connectivity index (χ4n) is 2.84. The summed E-state index contributed by atoms with van der Waals surface area (Å²) in [6, 6.07) is 9.80. The molecular formula is C21H13F6NO2. The van der Waals surface area contributed by atoms with Crippen LogP contribution in [0.15, 0.2) is 60.8 Å². The van der Waals surface area contributed by atoms with Crippen LogP contribution in [0.5, 0.6) is 0 Å². The lowest BCUT2D eigenvalue weighted by molar-refractivity contribution is -0.138. The zero-order valence-electron chi connectivity index (χ0n) is 15.3. The molecule has 0 aliphatic heterocycles. The monoisotopic (exact) mass is 425 g/mol. The highest BCUT2D eigenvalue weighted by Crippen LogP contribution is 2.35. The van der Waals surface area contributed by atoms with Crippen LogP contribution >= 0.6 is 0 Å².